The van der Waals surface area contributed by atoms with Crippen LogP contribution in [0.4, 0.5) is 4.79 Å². The van der Waals surface area contributed by atoms with Gasteiger partial charge in [-0.2, -0.15) is 8.42 Å². The van der Waals surface area contributed by atoms with E-state index in [9.17, 15) is 22.8 Å². The number of rotatable bonds is 6. The quantitative estimate of drug-likeness (QED) is 0.438. The van der Waals surface area contributed by atoms with Crippen LogP contribution in [0.5, 0.6) is 5.75 Å². The number of aryl methyl sites for hydroxylation is 1. The van der Waals surface area contributed by atoms with Crippen molar-refractivity contribution in [3.05, 3.63) is 64.6 Å². The molecule has 0 aromatic heterocycles. The lowest BCUT2D eigenvalue weighted by Crippen LogP contribution is -2.46. The second kappa shape index (κ2) is 10.00. The van der Waals surface area contributed by atoms with Crippen molar-refractivity contribution in [2.75, 3.05) is 32.8 Å². The van der Waals surface area contributed by atoms with E-state index in [1.807, 2.05) is 6.92 Å². The molecule has 0 spiro atoms. The number of nitrogens with zero attached hydrogens (tertiary/aromatic N) is 2. The van der Waals surface area contributed by atoms with Crippen molar-refractivity contribution in [2.45, 2.75) is 11.8 Å². The lowest BCUT2D eigenvalue weighted by Gasteiger charge is -2.28. The molecule has 11 heteroatoms. The summed E-state index contributed by atoms with van der Waals surface area (Å²) < 4.78 is 35.2. The Morgan fingerprint density at radius 1 is 1.06 bits per heavy atom. The largest absolute Gasteiger partial charge is 0.379 e. The van der Waals surface area contributed by atoms with Crippen LogP contribution in [0.1, 0.15) is 11.1 Å². The molecule has 0 unspecified atom stereocenters. The molecule has 0 aliphatic carbocycles. The molecule has 0 radical (unpaired) electrons. The first-order chi connectivity index (χ1) is 16.2. The van der Waals surface area contributed by atoms with E-state index in [2.05, 4.69) is 0 Å². The van der Waals surface area contributed by atoms with Gasteiger partial charge >= 0.3 is 10.1 Å². The van der Waals surface area contributed by atoms with Gasteiger partial charge in [-0.25, -0.2) is 0 Å². The Labute approximate surface area is 201 Å². The van der Waals surface area contributed by atoms with Crippen LogP contribution in [-0.2, 0) is 24.4 Å². The van der Waals surface area contributed by atoms with Gasteiger partial charge in [-0.1, -0.05) is 29.8 Å². The third-order valence-electron chi connectivity index (χ3n) is 5.22. The van der Waals surface area contributed by atoms with E-state index in [1.54, 1.807) is 29.2 Å². The molecule has 2 heterocycles. The Kier molecular flexibility index (Phi) is 7.05. The number of amides is 3. The van der Waals surface area contributed by atoms with E-state index in [-0.39, 0.29) is 28.0 Å². The van der Waals surface area contributed by atoms with Crippen LogP contribution in [0.15, 0.2) is 58.3 Å². The lowest BCUT2D eigenvalue weighted by molar-refractivity contribution is -0.139. The highest BCUT2D eigenvalue weighted by Crippen LogP contribution is 2.32. The summed E-state index contributed by atoms with van der Waals surface area (Å²) in [5.74, 6) is -0.732. The van der Waals surface area contributed by atoms with E-state index in [4.69, 9.17) is 8.92 Å². The van der Waals surface area contributed by atoms with Crippen molar-refractivity contribution < 1.29 is 31.7 Å². The van der Waals surface area contributed by atoms with Crippen LogP contribution >= 0.6 is 11.8 Å². The molecule has 0 bridgehead atoms. The predicted molar refractivity (Wildman–Crippen MR) is 126 cm³/mol. The molecule has 4 rings (SSSR count). The van der Waals surface area contributed by atoms with Crippen molar-refractivity contribution >= 4 is 45.0 Å². The number of ether oxygens (including phenoxy) is 1. The first-order valence-corrected chi connectivity index (χ1v) is 12.7. The fourth-order valence-corrected chi connectivity index (χ4v) is 5.10. The van der Waals surface area contributed by atoms with Crippen LogP contribution < -0.4 is 4.18 Å². The average molecular weight is 503 g/mol. The standard InChI is InChI=1S/C23H22N2O7S2/c1-16-2-8-19(9-3-16)34(29,30)32-18-6-4-17(5-7-18)14-20-22(27)25(23(28)33-20)15-21(26)24-10-12-31-13-11-24/h2-9,14H,10-13,15H2,1H3/b20-14-. The van der Waals surface area contributed by atoms with E-state index in [1.165, 1.54) is 30.3 Å². The molecule has 0 saturated carbocycles. The molecular weight excluding hydrogens is 480 g/mol. The highest BCUT2D eigenvalue weighted by molar-refractivity contribution is 8.18. The zero-order valence-electron chi connectivity index (χ0n) is 18.3. The molecule has 2 aromatic carbocycles. The van der Waals surface area contributed by atoms with Crippen molar-refractivity contribution in [1.29, 1.82) is 0 Å². The Balaban J connectivity index is 1.42. The van der Waals surface area contributed by atoms with Gasteiger partial charge in [0.15, 0.2) is 0 Å². The van der Waals surface area contributed by atoms with E-state index >= 15 is 0 Å². The molecule has 178 valence electrons. The minimum atomic E-state index is -3.98. The Morgan fingerprint density at radius 3 is 2.35 bits per heavy atom. The Bertz CT molecular complexity index is 1230. The SMILES string of the molecule is Cc1ccc(S(=O)(=O)Oc2ccc(/C=C3\SC(=O)N(CC(=O)N4CCOCC4)C3=O)cc2)cc1. The zero-order valence-corrected chi connectivity index (χ0v) is 19.9. The van der Waals surface area contributed by atoms with Crippen molar-refractivity contribution in [2.24, 2.45) is 0 Å². The fourth-order valence-electron chi connectivity index (χ4n) is 3.34. The number of hydrogen-bond donors (Lipinski definition) is 0. The highest BCUT2D eigenvalue weighted by Gasteiger charge is 2.37. The molecular formula is C23H22N2O7S2. The van der Waals surface area contributed by atoms with Gasteiger partial charge in [0.1, 0.15) is 17.2 Å². The van der Waals surface area contributed by atoms with Crippen molar-refractivity contribution in [1.82, 2.24) is 9.80 Å². The second-order valence-corrected chi connectivity index (χ2v) is 10.2. The summed E-state index contributed by atoms with van der Waals surface area (Å²) >= 11 is 0.754. The van der Waals surface area contributed by atoms with Crippen molar-refractivity contribution in [3.63, 3.8) is 0 Å². The predicted octanol–water partition coefficient (Wildman–Crippen LogP) is 2.66. The molecule has 0 atom stereocenters. The summed E-state index contributed by atoms with van der Waals surface area (Å²) in [6.07, 6.45) is 1.52. The topological polar surface area (TPSA) is 110 Å². The highest BCUT2D eigenvalue weighted by atomic mass is 32.2. The summed E-state index contributed by atoms with van der Waals surface area (Å²) in [4.78, 5) is 40.1. The molecule has 3 amide bonds. The summed E-state index contributed by atoms with van der Waals surface area (Å²) in [5.41, 5.74) is 1.50. The number of imide groups is 1. The minimum Gasteiger partial charge on any atom is -0.379 e. The van der Waals surface area contributed by atoms with Gasteiger partial charge in [-0.05, 0) is 54.6 Å². The molecule has 2 saturated heterocycles. The lowest BCUT2D eigenvalue weighted by atomic mass is 10.2. The van der Waals surface area contributed by atoms with Crippen LogP contribution in [0.3, 0.4) is 0 Å². The summed E-state index contributed by atoms with van der Waals surface area (Å²) in [6, 6.07) is 12.4. The van der Waals surface area contributed by atoms with Crippen LogP contribution in [0.2, 0.25) is 0 Å². The minimum absolute atomic E-state index is 0.0440. The van der Waals surface area contributed by atoms with Gasteiger partial charge in [0.05, 0.1) is 18.1 Å². The summed E-state index contributed by atoms with van der Waals surface area (Å²) in [5, 5.41) is -0.512. The van der Waals surface area contributed by atoms with Gasteiger partial charge in [-0.15, -0.1) is 0 Å². The molecule has 2 aliphatic rings. The normalized spacial score (nSPS) is 18.0. The first-order valence-electron chi connectivity index (χ1n) is 10.4. The van der Waals surface area contributed by atoms with E-state index < -0.39 is 21.3 Å². The maximum absolute atomic E-state index is 12.7. The zero-order chi connectivity index (χ0) is 24.3. The summed E-state index contributed by atoms with van der Waals surface area (Å²) in [7, 11) is -3.98. The molecule has 2 aromatic rings. The van der Waals surface area contributed by atoms with Gasteiger partial charge in [0.2, 0.25) is 5.91 Å². The molecule has 2 fully saturated rings. The van der Waals surface area contributed by atoms with Crippen LogP contribution in [-0.4, -0.2) is 68.1 Å². The number of morpholine rings is 1. The van der Waals surface area contributed by atoms with E-state index in [0.29, 0.717) is 31.9 Å². The first kappa shape index (κ1) is 24.0. The average Bonchev–Trinajstić information content (AvgIpc) is 3.08. The van der Waals surface area contributed by atoms with Gasteiger partial charge in [-0.3, -0.25) is 19.3 Å². The summed E-state index contributed by atoms with van der Waals surface area (Å²) in [6.45, 7) is 3.26. The third-order valence-corrected chi connectivity index (χ3v) is 7.39. The Hall–Kier alpha value is -3.15. The molecule has 9 nitrogen and oxygen atoms in total. The number of hydrogen-bond acceptors (Lipinski definition) is 8. The molecule has 34 heavy (non-hydrogen) atoms. The number of benzene rings is 2. The number of carbonyl (C=O) groups excluding carboxylic acids is 3. The molecule has 0 N–H and O–H groups in total. The Morgan fingerprint density at radius 2 is 1.71 bits per heavy atom. The maximum atomic E-state index is 12.7. The van der Waals surface area contributed by atoms with Gasteiger partial charge < -0.3 is 13.8 Å². The number of thioether (sulfide) groups is 1. The van der Waals surface area contributed by atoms with Crippen molar-refractivity contribution in [3.8, 4) is 5.75 Å². The second-order valence-electron chi connectivity index (χ2n) is 7.68. The van der Waals surface area contributed by atoms with Gasteiger partial charge in [0, 0.05) is 13.1 Å². The molecule has 2 aliphatic heterocycles. The van der Waals surface area contributed by atoms with Crippen LogP contribution in [0, 0.1) is 6.92 Å². The number of carbonyl (C=O) groups is 3. The maximum Gasteiger partial charge on any atom is 0.339 e. The van der Waals surface area contributed by atoms with Crippen LogP contribution in [0.25, 0.3) is 6.08 Å². The van der Waals surface area contributed by atoms with Gasteiger partial charge in [0.25, 0.3) is 11.1 Å². The monoisotopic (exact) mass is 502 g/mol. The van der Waals surface area contributed by atoms with E-state index in [0.717, 1.165) is 22.2 Å². The smallest absolute Gasteiger partial charge is 0.339 e. The fraction of sp³-hybridized carbons (Fsp3) is 0.261. The third kappa shape index (κ3) is 5.49.